The molecule has 1 fully saturated rings. The van der Waals surface area contributed by atoms with Crippen molar-refractivity contribution in [2.24, 2.45) is 0 Å². The van der Waals surface area contributed by atoms with Crippen LogP contribution in [0.1, 0.15) is 25.5 Å². The number of piperidine rings is 1. The third kappa shape index (κ3) is 4.32. The minimum atomic E-state index is -1.22. The van der Waals surface area contributed by atoms with Crippen LogP contribution >= 0.6 is 0 Å². The van der Waals surface area contributed by atoms with Gasteiger partial charge in [-0.3, -0.25) is 19.8 Å². The molecule has 0 unspecified atom stereocenters. The van der Waals surface area contributed by atoms with Crippen molar-refractivity contribution in [2.75, 3.05) is 24.6 Å². The summed E-state index contributed by atoms with van der Waals surface area (Å²) in [7, 11) is 0. The van der Waals surface area contributed by atoms with Crippen molar-refractivity contribution in [1.29, 1.82) is 5.26 Å². The number of amides is 2. The molecule has 2 amide bonds. The molecule has 1 aromatic rings. The topological polar surface area (TPSA) is 167 Å². The number of pyridine rings is 1. The molecule has 0 aliphatic carbocycles. The molecule has 12 heteroatoms. The zero-order valence-electron chi connectivity index (χ0n) is 14.9. The predicted octanol–water partition coefficient (Wildman–Crippen LogP) is 0.900. The van der Waals surface area contributed by atoms with Crippen LogP contribution in [0.5, 0.6) is 0 Å². The number of nitriles is 1. The molecular weight excluding hydrogens is 374 g/mol. The van der Waals surface area contributed by atoms with Crippen LogP contribution in [0.4, 0.5) is 16.3 Å². The lowest BCUT2D eigenvalue weighted by molar-refractivity contribution is -0.384. The molecule has 148 valence electrons. The monoisotopic (exact) mass is 391 g/mol. The number of hydrogen-bond acceptors (Lipinski definition) is 8. The van der Waals surface area contributed by atoms with E-state index in [0.717, 1.165) is 21.9 Å². The van der Waals surface area contributed by atoms with Gasteiger partial charge < -0.3 is 14.7 Å². The van der Waals surface area contributed by atoms with Gasteiger partial charge in [0.05, 0.1) is 11.5 Å². The molecule has 0 radical (unpaired) electrons. The Kier molecular flexibility index (Phi) is 6.43. The minimum Gasteiger partial charge on any atom is -0.465 e. The molecule has 0 spiro atoms. The molecule has 1 aromatic heterocycles. The number of likely N-dealkylation sites (tertiary alicyclic amines) is 1. The first kappa shape index (κ1) is 20.6. The van der Waals surface area contributed by atoms with Crippen molar-refractivity contribution in [2.45, 2.75) is 25.8 Å². The number of carbonyl (C=O) groups excluding carboxylic acids is 2. The molecule has 12 nitrogen and oxygen atoms in total. The zero-order valence-corrected chi connectivity index (χ0v) is 14.9. The number of carboxylic acid groups (broad SMARTS) is 1. The second-order valence-electron chi connectivity index (χ2n) is 5.80. The zero-order chi connectivity index (χ0) is 20.8. The summed E-state index contributed by atoms with van der Waals surface area (Å²) in [5.74, 6) is -2.83. The van der Waals surface area contributed by atoms with E-state index in [1.807, 2.05) is 0 Å². The first-order chi connectivity index (χ1) is 13.3. The maximum Gasteiger partial charge on any atom is 0.407 e. The fourth-order valence-electron chi connectivity index (χ4n) is 2.86. The van der Waals surface area contributed by atoms with Crippen molar-refractivity contribution in [3.63, 3.8) is 0 Å². The van der Waals surface area contributed by atoms with Gasteiger partial charge in [-0.25, -0.2) is 14.6 Å². The van der Waals surface area contributed by atoms with Crippen molar-refractivity contribution >= 4 is 29.5 Å². The molecule has 28 heavy (non-hydrogen) atoms. The maximum atomic E-state index is 12.7. The summed E-state index contributed by atoms with van der Waals surface area (Å²) in [4.78, 5) is 52.3. The van der Waals surface area contributed by atoms with Crippen molar-refractivity contribution in [3.8, 4) is 6.07 Å². The molecule has 1 aliphatic rings. The Morgan fingerprint density at radius 1 is 1.43 bits per heavy atom. The normalized spacial score (nSPS) is 14.1. The smallest absolute Gasteiger partial charge is 0.407 e. The van der Waals surface area contributed by atoms with Gasteiger partial charge in [0.25, 0.3) is 0 Å². The number of aromatic nitrogens is 1. The fourth-order valence-corrected chi connectivity index (χ4v) is 2.86. The average Bonchev–Trinajstić information content (AvgIpc) is 2.68. The highest BCUT2D eigenvalue weighted by Crippen LogP contribution is 2.31. The molecule has 0 bridgehead atoms. The molecule has 2 heterocycles. The van der Waals surface area contributed by atoms with E-state index in [2.05, 4.69) is 4.98 Å². The van der Waals surface area contributed by atoms with E-state index in [9.17, 15) is 24.5 Å². The van der Waals surface area contributed by atoms with Gasteiger partial charge in [-0.05, 0) is 25.8 Å². The van der Waals surface area contributed by atoms with Crippen molar-refractivity contribution in [1.82, 2.24) is 9.88 Å². The van der Waals surface area contributed by atoms with E-state index in [0.29, 0.717) is 0 Å². The maximum absolute atomic E-state index is 12.7. The number of esters is 1. The number of carbonyl (C=O) groups is 3. The van der Waals surface area contributed by atoms with E-state index in [-0.39, 0.29) is 38.2 Å². The van der Waals surface area contributed by atoms with Crippen LogP contribution in [-0.2, 0) is 14.3 Å². The third-order valence-corrected chi connectivity index (χ3v) is 4.16. The van der Waals surface area contributed by atoms with Crippen molar-refractivity contribution < 1.29 is 29.2 Å². The lowest BCUT2D eigenvalue weighted by Gasteiger charge is -2.36. The van der Waals surface area contributed by atoms with Crippen LogP contribution in [0.2, 0.25) is 0 Å². The number of nitrogens with zero attached hydrogens (tertiary/aromatic N) is 5. The van der Waals surface area contributed by atoms with Gasteiger partial charge >= 0.3 is 23.7 Å². The predicted molar refractivity (Wildman–Crippen MR) is 92.3 cm³/mol. The molecule has 0 saturated carbocycles. The average molecular weight is 391 g/mol. The summed E-state index contributed by atoms with van der Waals surface area (Å²) in [5, 5.41) is 29.5. The first-order valence-electron chi connectivity index (χ1n) is 8.33. The second-order valence-corrected chi connectivity index (χ2v) is 5.80. The highest BCUT2D eigenvalue weighted by Gasteiger charge is 2.38. The van der Waals surface area contributed by atoms with E-state index in [4.69, 9.17) is 15.1 Å². The lowest BCUT2D eigenvalue weighted by Crippen LogP contribution is -2.51. The van der Waals surface area contributed by atoms with E-state index < -0.39 is 40.4 Å². The van der Waals surface area contributed by atoms with Crippen LogP contribution in [0.3, 0.4) is 0 Å². The number of hydrogen-bond donors (Lipinski definition) is 1. The number of nitro groups is 1. The van der Waals surface area contributed by atoms with Crippen LogP contribution < -0.4 is 4.90 Å². The summed E-state index contributed by atoms with van der Waals surface area (Å²) in [6.07, 6.45) is -0.863. The summed E-state index contributed by atoms with van der Waals surface area (Å²) in [5.41, 5.74) is -0.734. The van der Waals surface area contributed by atoms with Gasteiger partial charge in [0.15, 0.2) is 0 Å². The largest absolute Gasteiger partial charge is 0.465 e. The van der Waals surface area contributed by atoms with Gasteiger partial charge in [0.1, 0.15) is 11.8 Å². The van der Waals surface area contributed by atoms with E-state index in [1.54, 1.807) is 6.07 Å². The van der Waals surface area contributed by atoms with Gasteiger partial charge in [-0.15, -0.1) is 0 Å². The van der Waals surface area contributed by atoms with Crippen LogP contribution in [0, 0.1) is 21.4 Å². The van der Waals surface area contributed by atoms with Crippen LogP contribution in [0.15, 0.2) is 12.1 Å². The molecule has 2 rings (SSSR count). The Morgan fingerprint density at radius 3 is 2.57 bits per heavy atom. The number of anilines is 1. The highest BCUT2D eigenvalue weighted by atomic mass is 16.6. The van der Waals surface area contributed by atoms with E-state index in [1.165, 1.54) is 6.92 Å². The molecule has 0 aromatic carbocycles. The van der Waals surface area contributed by atoms with Gasteiger partial charge in [-0.1, -0.05) is 0 Å². The summed E-state index contributed by atoms with van der Waals surface area (Å²) in [6.45, 7) is 1.55. The summed E-state index contributed by atoms with van der Waals surface area (Å²) in [6, 6.07) is 3.16. The molecular formula is C16H17N5O7. The number of rotatable bonds is 4. The molecule has 1 aliphatic heterocycles. The Labute approximate surface area is 159 Å². The third-order valence-electron chi connectivity index (χ3n) is 4.16. The lowest BCUT2D eigenvalue weighted by atomic mass is 10.0. The molecule has 1 N–H and O–H groups in total. The number of ether oxygens (including phenoxy) is 1. The first-order valence-corrected chi connectivity index (χ1v) is 8.33. The Morgan fingerprint density at radius 2 is 2.07 bits per heavy atom. The minimum absolute atomic E-state index is 0.0678. The standard InChI is InChI=1S/C16H17N5O7/c1-2-28-15(23)14(22)20(11-5-7-19(8-6-11)16(24)25)13-12(21(26)27)4-3-10(9-17)18-13/h3-4,11H,2,5-8H2,1H3,(H,24,25). The second kappa shape index (κ2) is 8.76. The van der Waals surface area contributed by atoms with Crippen LogP contribution in [-0.4, -0.2) is 63.6 Å². The molecule has 0 atom stereocenters. The Hall–Kier alpha value is -3.75. The van der Waals surface area contributed by atoms with Gasteiger partial charge in [-0.2, -0.15) is 5.26 Å². The SMILES string of the molecule is CCOC(=O)C(=O)N(c1nc(C#N)ccc1[N+](=O)[O-])C1CCN(C(=O)O)CC1. The quantitative estimate of drug-likeness (QED) is 0.339. The highest BCUT2D eigenvalue weighted by molar-refractivity contribution is 6.38. The van der Waals surface area contributed by atoms with Gasteiger partial charge in [0.2, 0.25) is 5.82 Å². The Balaban J connectivity index is 2.49. The molecule has 1 saturated heterocycles. The van der Waals surface area contributed by atoms with Crippen LogP contribution in [0.25, 0.3) is 0 Å². The van der Waals surface area contributed by atoms with Crippen molar-refractivity contribution in [3.05, 3.63) is 27.9 Å². The summed E-state index contributed by atoms with van der Waals surface area (Å²) < 4.78 is 4.72. The van der Waals surface area contributed by atoms with Gasteiger partial charge in [0, 0.05) is 25.2 Å². The van der Waals surface area contributed by atoms with E-state index >= 15 is 0 Å². The Bertz CT molecular complexity index is 842. The fraction of sp³-hybridized carbons (Fsp3) is 0.438. The summed E-state index contributed by atoms with van der Waals surface area (Å²) >= 11 is 0.